The van der Waals surface area contributed by atoms with E-state index < -0.39 is 18.3 Å². The summed E-state index contributed by atoms with van der Waals surface area (Å²) in [5.41, 5.74) is 12.7. The van der Waals surface area contributed by atoms with Crippen molar-refractivity contribution in [2.45, 2.75) is 65.4 Å². The van der Waals surface area contributed by atoms with E-state index in [2.05, 4.69) is 46.5 Å². The molecule has 1 aromatic carbocycles. The van der Waals surface area contributed by atoms with Crippen molar-refractivity contribution in [2.24, 2.45) is 27.4 Å². The van der Waals surface area contributed by atoms with Crippen LogP contribution >= 0.6 is 11.3 Å². The van der Waals surface area contributed by atoms with Crippen LogP contribution in [0.2, 0.25) is 0 Å². The van der Waals surface area contributed by atoms with Crippen molar-refractivity contribution in [3.05, 3.63) is 46.2 Å². The maximum absolute atomic E-state index is 13.4. The lowest BCUT2D eigenvalue weighted by atomic mass is 9.71. The summed E-state index contributed by atoms with van der Waals surface area (Å²) in [5.74, 6) is -0.684. The summed E-state index contributed by atoms with van der Waals surface area (Å²) in [6.07, 6.45) is -1.29. The van der Waals surface area contributed by atoms with Gasteiger partial charge in [0.05, 0.1) is 11.4 Å². The molecule has 14 heteroatoms. The van der Waals surface area contributed by atoms with Crippen LogP contribution in [0.5, 0.6) is 5.75 Å². The normalized spacial score (nSPS) is 18.3. The number of hydrogen-bond acceptors (Lipinski definition) is 6. The van der Waals surface area contributed by atoms with Crippen LogP contribution < -0.4 is 21.1 Å². The quantitative estimate of drug-likeness (QED) is 0.135. The Morgan fingerprint density at radius 3 is 2.31 bits per heavy atom. The first-order valence-corrected chi connectivity index (χ1v) is 13.1. The van der Waals surface area contributed by atoms with E-state index in [4.69, 9.17) is 11.3 Å². The number of benzene rings is 1. The predicted octanol–water partition coefficient (Wildman–Crippen LogP) is 6.28. The third-order valence-corrected chi connectivity index (χ3v) is 7.64. The molecule has 5 N–H and O–H groups in total. The Labute approximate surface area is 228 Å². The number of nitrogens with one attached hydrogen (secondary N) is 3. The Morgan fingerprint density at radius 2 is 1.74 bits per heavy atom. The van der Waals surface area contributed by atoms with Crippen LogP contribution in [0.4, 0.5) is 23.7 Å². The number of nitrogens with zero attached hydrogens (tertiary/aromatic N) is 3. The van der Waals surface area contributed by atoms with Crippen molar-refractivity contribution in [3.63, 3.8) is 0 Å². The molecule has 1 aliphatic rings. The molecule has 0 bridgehead atoms. The van der Waals surface area contributed by atoms with Gasteiger partial charge >= 0.3 is 12.4 Å². The highest BCUT2D eigenvalue weighted by Crippen LogP contribution is 2.39. The minimum absolute atomic E-state index is 0.0581. The van der Waals surface area contributed by atoms with E-state index in [0.717, 1.165) is 42.7 Å². The van der Waals surface area contributed by atoms with Gasteiger partial charge in [0.15, 0.2) is 0 Å². The van der Waals surface area contributed by atoms with Crippen molar-refractivity contribution in [1.29, 1.82) is 5.53 Å². The molecular weight excluding hydrogens is 535 g/mol. The number of nitrogens with two attached hydrogens (primary N) is 1. The lowest BCUT2D eigenvalue weighted by Gasteiger charge is -2.41. The van der Waals surface area contributed by atoms with Gasteiger partial charge in [-0.3, -0.25) is 10.1 Å². The molecule has 0 aliphatic heterocycles. The smallest absolute Gasteiger partial charge is 0.406 e. The second-order valence-electron chi connectivity index (χ2n) is 10.3. The molecule has 1 aliphatic carbocycles. The fraction of sp³-hybridized carbons (Fsp3) is 0.480. The standard InChI is InChI=1S/C25H32F3N7O3S/c1-24(2,3)15-4-8-17(9-5-15)35(14-19-12-13-20(39-19)21(36)32-22(29)33-34-30)23(37)31-16-6-10-18(11-7-16)38-25(26,27)28/h6-7,10-13,15,17H,4-5,8-9,14H2,1-3H3,(H,31,37)(H4,29,30,32,33,36). The number of carbonyl (C=O) groups is 2. The third kappa shape index (κ3) is 8.94. The van der Waals surface area contributed by atoms with E-state index in [1.807, 2.05) is 0 Å². The number of amides is 3. The number of thiophene rings is 1. The Bertz CT molecular complexity index is 1180. The lowest BCUT2D eigenvalue weighted by Crippen LogP contribution is -2.45. The third-order valence-electron chi connectivity index (χ3n) is 6.57. The van der Waals surface area contributed by atoms with E-state index in [1.54, 1.807) is 17.0 Å². The van der Waals surface area contributed by atoms with Crippen LogP contribution in [0.25, 0.3) is 0 Å². The maximum Gasteiger partial charge on any atom is 0.573 e. The molecule has 0 saturated heterocycles. The number of rotatable bonds is 7. The molecule has 1 fully saturated rings. The average Bonchev–Trinajstić information content (AvgIpc) is 3.31. The van der Waals surface area contributed by atoms with Crippen LogP contribution in [0, 0.1) is 16.9 Å². The number of anilines is 1. The Kier molecular flexibility index (Phi) is 9.54. The van der Waals surface area contributed by atoms with Crippen molar-refractivity contribution < 1.29 is 27.5 Å². The Hall–Kier alpha value is -3.68. The van der Waals surface area contributed by atoms with E-state index >= 15 is 0 Å². The van der Waals surface area contributed by atoms with Crippen molar-refractivity contribution in [1.82, 2.24) is 10.2 Å². The van der Waals surface area contributed by atoms with E-state index in [1.165, 1.54) is 23.5 Å². The number of carbonyl (C=O) groups excluding carboxylic acids is 2. The zero-order chi connectivity index (χ0) is 28.8. The van der Waals surface area contributed by atoms with Crippen molar-refractivity contribution >= 4 is 34.9 Å². The van der Waals surface area contributed by atoms with Gasteiger partial charge in [-0.25, -0.2) is 4.79 Å². The molecule has 10 nitrogen and oxygen atoms in total. The van der Waals surface area contributed by atoms with Crippen LogP contribution in [0.3, 0.4) is 0 Å². The molecule has 0 atom stereocenters. The van der Waals surface area contributed by atoms with E-state index in [0.29, 0.717) is 16.5 Å². The summed E-state index contributed by atoms with van der Waals surface area (Å²) in [7, 11) is 0. The number of guanidine groups is 1. The van der Waals surface area contributed by atoms with Crippen LogP contribution in [0.15, 0.2) is 46.7 Å². The molecule has 212 valence electrons. The molecule has 1 saturated carbocycles. The van der Waals surface area contributed by atoms with Crippen molar-refractivity contribution in [2.75, 3.05) is 5.32 Å². The molecule has 1 heterocycles. The summed E-state index contributed by atoms with van der Waals surface area (Å²) < 4.78 is 41.3. The zero-order valence-electron chi connectivity index (χ0n) is 21.8. The van der Waals surface area contributed by atoms with Gasteiger partial charge in [0.25, 0.3) is 5.91 Å². The first-order chi connectivity index (χ1) is 18.2. The number of hydrogen-bond donors (Lipinski definition) is 4. The molecule has 2 aromatic rings. The number of ether oxygens (including phenoxy) is 1. The van der Waals surface area contributed by atoms with Crippen LogP contribution in [-0.2, 0) is 6.54 Å². The Morgan fingerprint density at radius 1 is 1.10 bits per heavy atom. The van der Waals surface area contributed by atoms with Gasteiger partial charge in [0.2, 0.25) is 5.96 Å². The summed E-state index contributed by atoms with van der Waals surface area (Å²) in [5, 5.41) is 11.1. The summed E-state index contributed by atoms with van der Waals surface area (Å²) in [4.78, 5) is 28.6. The first kappa shape index (κ1) is 29.9. The molecule has 1 aromatic heterocycles. The highest BCUT2D eigenvalue weighted by molar-refractivity contribution is 7.14. The van der Waals surface area contributed by atoms with Gasteiger partial charge in [0, 0.05) is 16.6 Å². The minimum atomic E-state index is -4.81. The summed E-state index contributed by atoms with van der Waals surface area (Å²) in [6.45, 7) is 6.86. The fourth-order valence-corrected chi connectivity index (χ4v) is 5.47. The van der Waals surface area contributed by atoms with Gasteiger partial charge in [-0.1, -0.05) is 25.9 Å². The van der Waals surface area contributed by atoms with Gasteiger partial charge in [-0.15, -0.1) is 24.5 Å². The summed E-state index contributed by atoms with van der Waals surface area (Å²) >= 11 is 1.18. The summed E-state index contributed by atoms with van der Waals surface area (Å²) in [6, 6.07) is 7.85. The van der Waals surface area contributed by atoms with Crippen LogP contribution in [0.1, 0.15) is 61.0 Å². The van der Waals surface area contributed by atoms with Gasteiger partial charge < -0.3 is 20.7 Å². The average molecular weight is 568 g/mol. The predicted molar refractivity (Wildman–Crippen MR) is 141 cm³/mol. The van der Waals surface area contributed by atoms with Crippen molar-refractivity contribution in [3.8, 4) is 5.75 Å². The lowest BCUT2D eigenvalue weighted by molar-refractivity contribution is -0.274. The fourth-order valence-electron chi connectivity index (χ4n) is 4.57. The van der Waals surface area contributed by atoms with Crippen LogP contribution in [-0.4, -0.2) is 35.2 Å². The largest absolute Gasteiger partial charge is 0.573 e. The number of alkyl halides is 3. The molecule has 39 heavy (non-hydrogen) atoms. The van der Waals surface area contributed by atoms with E-state index in [-0.39, 0.29) is 29.7 Å². The van der Waals surface area contributed by atoms with E-state index in [9.17, 15) is 22.8 Å². The monoisotopic (exact) mass is 567 g/mol. The molecule has 0 unspecified atom stereocenters. The van der Waals surface area contributed by atoms with Gasteiger partial charge in [-0.2, -0.15) is 5.53 Å². The topological polar surface area (TPSA) is 145 Å². The number of halogens is 3. The molecule has 0 radical (unpaired) electrons. The highest BCUT2D eigenvalue weighted by Gasteiger charge is 2.34. The molecule has 3 amide bonds. The van der Waals surface area contributed by atoms with Gasteiger partial charge in [0.1, 0.15) is 5.75 Å². The molecular formula is C25H32F3N7O3S. The molecule has 0 spiro atoms. The maximum atomic E-state index is 13.4. The SMILES string of the molecule is CC(C)(C)C1CCC(N(Cc2ccc(C(=O)N/C(N)=N/N=N)s2)C(=O)Nc2ccc(OC(F)(F)F)cc2)CC1. The highest BCUT2D eigenvalue weighted by atomic mass is 32.1. The first-order valence-electron chi connectivity index (χ1n) is 12.3. The molecule has 3 rings (SSSR count). The second kappa shape index (κ2) is 12.5. The van der Waals surface area contributed by atoms with Gasteiger partial charge in [-0.05, 0) is 78.6 Å². The minimum Gasteiger partial charge on any atom is -0.406 e. The number of urea groups is 1. The zero-order valence-corrected chi connectivity index (χ0v) is 22.7. The Balaban J connectivity index is 1.76. The second-order valence-corrected chi connectivity index (χ2v) is 11.5.